The van der Waals surface area contributed by atoms with Crippen LogP contribution in [0, 0.1) is 0 Å². The minimum Gasteiger partial charge on any atom is -0.351 e. The summed E-state index contributed by atoms with van der Waals surface area (Å²) in [7, 11) is -11.1. The third-order valence-corrected chi connectivity index (χ3v) is 11.5. The van der Waals surface area contributed by atoms with Crippen LogP contribution in [0.5, 0.6) is 0 Å². The van der Waals surface area contributed by atoms with Gasteiger partial charge in [0.15, 0.2) is 0 Å². The lowest BCUT2D eigenvalue weighted by Gasteiger charge is -2.34. The van der Waals surface area contributed by atoms with Gasteiger partial charge in [0.25, 0.3) is 0 Å². The molecular formula is C14H35O9PSi2. The molecule has 0 unspecified atom stereocenters. The minimum absolute atomic E-state index is 0.0525. The SMILES string of the molecule is CCO[Si](OCC)(OCC)OP(=O)(CC)O[Si](OCC)(OCC)OCC. The highest BCUT2D eigenvalue weighted by Crippen LogP contribution is 2.53. The molecule has 0 rings (SSSR count). The van der Waals surface area contributed by atoms with E-state index in [4.69, 9.17) is 35.0 Å². The lowest BCUT2D eigenvalue weighted by atomic mass is 10.9. The Balaban J connectivity index is 5.69. The molecule has 0 aliphatic carbocycles. The molecule has 12 heteroatoms. The minimum atomic E-state index is -3.75. The molecule has 0 heterocycles. The molecule has 0 spiro atoms. The summed E-state index contributed by atoms with van der Waals surface area (Å²) in [5.74, 6) is 0. The molecule has 0 fully saturated rings. The van der Waals surface area contributed by atoms with Gasteiger partial charge in [-0.1, -0.05) is 6.92 Å². The molecule has 0 aliphatic rings. The fourth-order valence-electron chi connectivity index (χ4n) is 1.96. The summed E-state index contributed by atoms with van der Waals surface area (Å²) in [5.41, 5.74) is 0. The van der Waals surface area contributed by atoms with Crippen molar-refractivity contribution in [1.29, 1.82) is 0 Å². The van der Waals surface area contributed by atoms with Gasteiger partial charge >= 0.3 is 25.7 Å². The third kappa shape index (κ3) is 8.57. The Bertz CT molecular complexity index is 348. The van der Waals surface area contributed by atoms with Crippen LogP contribution in [0.4, 0.5) is 0 Å². The molecule has 0 aliphatic heterocycles. The zero-order valence-electron chi connectivity index (χ0n) is 17.1. The molecule has 0 atom stereocenters. The number of hydrogen-bond acceptors (Lipinski definition) is 9. The smallest absolute Gasteiger partial charge is 0.351 e. The summed E-state index contributed by atoms with van der Waals surface area (Å²) in [6.45, 7) is 14.0. The molecule has 9 nitrogen and oxygen atoms in total. The van der Waals surface area contributed by atoms with E-state index in [0.29, 0.717) is 0 Å². The van der Waals surface area contributed by atoms with Crippen molar-refractivity contribution < 1.29 is 39.5 Å². The van der Waals surface area contributed by atoms with E-state index in [0.717, 1.165) is 0 Å². The van der Waals surface area contributed by atoms with Gasteiger partial charge in [0, 0.05) is 45.8 Å². The zero-order chi connectivity index (χ0) is 20.1. The van der Waals surface area contributed by atoms with Gasteiger partial charge in [-0.2, -0.15) is 0 Å². The van der Waals surface area contributed by atoms with Gasteiger partial charge in [-0.3, -0.25) is 13.0 Å². The normalized spacial score (nSPS) is 13.3. The zero-order valence-corrected chi connectivity index (χ0v) is 20.0. The second-order valence-corrected chi connectivity index (χ2v) is 11.8. The van der Waals surface area contributed by atoms with E-state index in [1.165, 1.54) is 0 Å². The Kier molecular flexibility index (Phi) is 13.7. The van der Waals surface area contributed by atoms with Crippen molar-refractivity contribution in [3.05, 3.63) is 0 Å². The van der Waals surface area contributed by atoms with Gasteiger partial charge in [0.1, 0.15) is 0 Å². The van der Waals surface area contributed by atoms with Gasteiger partial charge < -0.3 is 26.6 Å². The van der Waals surface area contributed by atoms with Crippen LogP contribution < -0.4 is 0 Å². The van der Waals surface area contributed by atoms with Gasteiger partial charge in [-0.25, -0.2) is 0 Å². The summed E-state index contributed by atoms with van der Waals surface area (Å²) in [5, 5.41) is 0. The van der Waals surface area contributed by atoms with E-state index >= 15 is 0 Å². The third-order valence-electron chi connectivity index (χ3n) is 2.82. The standard InChI is InChI=1S/C14H35O9PSi2/c1-8-16-25(17-9-2,18-10-3)22-24(15,14-7)23-26(19-11-4,20-12-5)21-13-6/h8-14H2,1-7H3. The van der Waals surface area contributed by atoms with E-state index in [2.05, 4.69) is 0 Å². The highest BCUT2D eigenvalue weighted by Gasteiger charge is 2.57. The summed E-state index contributed by atoms with van der Waals surface area (Å²) in [6, 6.07) is 0. The Morgan fingerprint density at radius 3 is 0.923 bits per heavy atom. The maximum absolute atomic E-state index is 13.4. The Labute approximate surface area is 160 Å². The molecule has 0 radical (unpaired) electrons. The van der Waals surface area contributed by atoms with Crippen LogP contribution in [-0.4, -0.2) is 63.9 Å². The van der Waals surface area contributed by atoms with E-state index in [1.807, 2.05) is 0 Å². The van der Waals surface area contributed by atoms with E-state index in [9.17, 15) is 4.57 Å². The second-order valence-electron chi connectivity index (χ2n) is 4.71. The van der Waals surface area contributed by atoms with Crippen LogP contribution in [0.1, 0.15) is 48.5 Å². The summed E-state index contributed by atoms with van der Waals surface area (Å²) < 4.78 is 58.7. The number of rotatable bonds is 17. The summed E-state index contributed by atoms with van der Waals surface area (Å²) in [4.78, 5) is 0. The highest BCUT2D eigenvalue weighted by atomic mass is 31.2. The van der Waals surface area contributed by atoms with Crippen LogP contribution in [0.25, 0.3) is 0 Å². The Morgan fingerprint density at radius 1 is 0.538 bits per heavy atom. The summed E-state index contributed by atoms with van der Waals surface area (Å²) >= 11 is 0. The van der Waals surface area contributed by atoms with Crippen molar-refractivity contribution >= 4 is 25.7 Å². The van der Waals surface area contributed by atoms with E-state index in [1.54, 1.807) is 48.5 Å². The van der Waals surface area contributed by atoms with Gasteiger partial charge in [0.05, 0.1) is 0 Å². The Morgan fingerprint density at radius 2 is 0.769 bits per heavy atom. The monoisotopic (exact) mass is 434 g/mol. The molecule has 0 bridgehead atoms. The quantitative estimate of drug-likeness (QED) is 0.252. The highest BCUT2D eigenvalue weighted by molar-refractivity contribution is 7.56. The molecule has 26 heavy (non-hydrogen) atoms. The first-order chi connectivity index (χ1) is 12.3. The van der Waals surface area contributed by atoms with Crippen molar-refractivity contribution in [2.24, 2.45) is 0 Å². The molecule has 0 N–H and O–H groups in total. The van der Waals surface area contributed by atoms with Crippen molar-refractivity contribution in [2.75, 3.05) is 45.8 Å². The van der Waals surface area contributed by atoms with E-state index < -0.39 is 25.7 Å². The topological polar surface area (TPSA) is 90.9 Å². The fourth-order valence-corrected chi connectivity index (χ4v) is 10.1. The second kappa shape index (κ2) is 13.5. The first-order valence-corrected chi connectivity index (χ1v) is 14.2. The molecule has 0 amide bonds. The van der Waals surface area contributed by atoms with Crippen LogP contribution in [0.2, 0.25) is 0 Å². The first kappa shape index (κ1) is 26.3. The van der Waals surface area contributed by atoms with E-state index in [-0.39, 0.29) is 45.8 Å². The Hall–Kier alpha value is 0.344. The average Bonchev–Trinajstić information content (AvgIpc) is 2.56. The lowest BCUT2D eigenvalue weighted by Crippen LogP contribution is -2.52. The first-order valence-electron chi connectivity index (χ1n) is 9.18. The van der Waals surface area contributed by atoms with Crippen molar-refractivity contribution in [3.8, 4) is 0 Å². The van der Waals surface area contributed by atoms with Crippen molar-refractivity contribution in [3.63, 3.8) is 0 Å². The van der Waals surface area contributed by atoms with Crippen LogP contribution in [0.3, 0.4) is 0 Å². The molecule has 158 valence electrons. The predicted octanol–water partition coefficient (Wildman–Crippen LogP) is 3.32. The molecule has 0 aromatic rings. The fraction of sp³-hybridized carbons (Fsp3) is 1.00. The average molecular weight is 435 g/mol. The predicted molar refractivity (Wildman–Crippen MR) is 102 cm³/mol. The molecule has 0 aromatic heterocycles. The largest absolute Gasteiger partial charge is 0.686 e. The van der Waals surface area contributed by atoms with Crippen LogP contribution in [0.15, 0.2) is 0 Å². The molecule has 0 aromatic carbocycles. The molecule has 0 saturated heterocycles. The van der Waals surface area contributed by atoms with Gasteiger partial charge in [-0.15, -0.1) is 0 Å². The maximum atomic E-state index is 13.4. The van der Waals surface area contributed by atoms with Crippen LogP contribution in [-0.2, 0) is 39.5 Å². The van der Waals surface area contributed by atoms with Crippen molar-refractivity contribution in [1.82, 2.24) is 0 Å². The molecule has 0 saturated carbocycles. The molecular weight excluding hydrogens is 399 g/mol. The summed E-state index contributed by atoms with van der Waals surface area (Å²) in [6.07, 6.45) is 0.0525. The lowest BCUT2D eigenvalue weighted by molar-refractivity contribution is -0.00975. The van der Waals surface area contributed by atoms with Crippen LogP contribution >= 0.6 is 7.60 Å². The van der Waals surface area contributed by atoms with Crippen molar-refractivity contribution in [2.45, 2.75) is 48.5 Å². The van der Waals surface area contributed by atoms with Gasteiger partial charge in [0.2, 0.25) is 0 Å². The van der Waals surface area contributed by atoms with Gasteiger partial charge in [-0.05, 0) is 41.5 Å². The maximum Gasteiger partial charge on any atom is 0.686 e. The number of hydrogen-bond donors (Lipinski definition) is 0.